The Kier molecular flexibility index (Phi) is 4.87. The van der Waals surface area contributed by atoms with Crippen LogP contribution in [-0.2, 0) is 6.42 Å². The van der Waals surface area contributed by atoms with E-state index >= 15 is 0 Å². The summed E-state index contributed by atoms with van der Waals surface area (Å²) < 4.78 is 5.84. The molecule has 2 rings (SSSR count). The van der Waals surface area contributed by atoms with Gasteiger partial charge in [0.15, 0.2) is 0 Å². The molecule has 0 radical (unpaired) electrons. The maximum atomic E-state index is 5.84. The summed E-state index contributed by atoms with van der Waals surface area (Å²) >= 11 is 0. The summed E-state index contributed by atoms with van der Waals surface area (Å²) in [5.74, 6) is 0.967. The number of benzene rings is 1. The number of likely N-dealkylation sites (tertiary alicyclic amines) is 1. The first kappa shape index (κ1) is 14.4. The Balaban J connectivity index is 1.81. The van der Waals surface area contributed by atoms with Crippen molar-refractivity contribution in [2.24, 2.45) is 0 Å². The molecule has 1 aromatic carbocycles. The van der Waals surface area contributed by atoms with Crippen LogP contribution in [0.3, 0.4) is 0 Å². The zero-order valence-corrected chi connectivity index (χ0v) is 12.6. The molecular weight excluding hydrogens is 234 g/mol. The Morgan fingerprint density at radius 1 is 1.00 bits per heavy atom. The van der Waals surface area contributed by atoms with Crippen molar-refractivity contribution in [2.75, 3.05) is 19.6 Å². The van der Waals surface area contributed by atoms with Crippen molar-refractivity contribution in [3.8, 4) is 5.75 Å². The van der Waals surface area contributed by atoms with E-state index in [1.165, 1.54) is 44.5 Å². The lowest BCUT2D eigenvalue weighted by Crippen LogP contribution is -2.31. The van der Waals surface area contributed by atoms with Gasteiger partial charge >= 0.3 is 0 Å². The summed E-state index contributed by atoms with van der Waals surface area (Å²) in [6.07, 6.45) is 5.31. The third-order valence-corrected chi connectivity index (χ3v) is 3.51. The molecule has 0 aliphatic carbocycles. The second kappa shape index (κ2) is 6.42. The smallest absolute Gasteiger partial charge is 0.120 e. The lowest BCUT2D eigenvalue weighted by atomic mass is 10.1. The second-order valence-corrected chi connectivity index (χ2v) is 6.51. The van der Waals surface area contributed by atoms with E-state index in [0.717, 1.165) is 12.2 Å². The van der Waals surface area contributed by atoms with Crippen LogP contribution in [0.1, 0.15) is 45.6 Å². The quantitative estimate of drug-likeness (QED) is 0.815. The summed E-state index contributed by atoms with van der Waals surface area (Å²) in [7, 11) is 0. The van der Waals surface area contributed by atoms with Gasteiger partial charge in [-0.15, -0.1) is 0 Å². The molecule has 19 heavy (non-hydrogen) atoms. The molecule has 1 aliphatic heterocycles. The van der Waals surface area contributed by atoms with Gasteiger partial charge in [-0.3, -0.25) is 0 Å². The van der Waals surface area contributed by atoms with E-state index < -0.39 is 0 Å². The molecular formula is C17H27NO. The molecule has 106 valence electrons. The highest BCUT2D eigenvalue weighted by atomic mass is 16.5. The molecule has 1 aliphatic rings. The SMILES string of the molecule is CC(C)(C)Oc1ccc(CCN2CCCCC2)cc1. The Morgan fingerprint density at radius 3 is 2.21 bits per heavy atom. The van der Waals surface area contributed by atoms with Gasteiger partial charge in [-0.1, -0.05) is 18.6 Å². The van der Waals surface area contributed by atoms with Crippen molar-refractivity contribution < 1.29 is 4.74 Å². The maximum Gasteiger partial charge on any atom is 0.120 e. The van der Waals surface area contributed by atoms with Gasteiger partial charge in [-0.25, -0.2) is 0 Å². The zero-order chi connectivity index (χ0) is 13.7. The zero-order valence-electron chi connectivity index (χ0n) is 12.6. The van der Waals surface area contributed by atoms with E-state index in [1.54, 1.807) is 0 Å². The summed E-state index contributed by atoms with van der Waals surface area (Å²) in [5, 5.41) is 0. The number of piperidine rings is 1. The van der Waals surface area contributed by atoms with Crippen LogP contribution in [0.25, 0.3) is 0 Å². The molecule has 1 heterocycles. The fourth-order valence-corrected chi connectivity index (χ4v) is 2.55. The van der Waals surface area contributed by atoms with Crippen LogP contribution in [0.2, 0.25) is 0 Å². The minimum Gasteiger partial charge on any atom is -0.488 e. The highest BCUT2D eigenvalue weighted by Gasteiger charge is 2.12. The molecule has 1 saturated heterocycles. The molecule has 0 amide bonds. The minimum absolute atomic E-state index is 0.116. The fourth-order valence-electron chi connectivity index (χ4n) is 2.55. The Bertz CT molecular complexity index is 371. The van der Waals surface area contributed by atoms with Crippen LogP contribution < -0.4 is 4.74 Å². The lowest BCUT2D eigenvalue weighted by Gasteiger charge is -2.26. The number of rotatable bonds is 4. The van der Waals surface area contributed by atoms with Crippen LogP contribution in [0, 0.1) is 0 Å². The third-order valence-electron chi connectivity index (χ3n) is 3.51. The Labute approximate surface area is 117 Å². The van der Waals surface area contributed by atoms with Crippen LogP contribution >= 0.6 is 0 Å². The van der Waals surface area contributed by atoms with Gasteiger partial charge in [-0.2, -0.15) is 0 Å². The highest BCUT2D eigenvalue weighted by molar-refractivity contribution is 5.27. The van der Waals surface area contributed by atoms with E-state index in [-0.39, 0.29) is 5.60 Å². The molecule has 1 aromatic rings. The Morgan fingerprint density at radius 2 is 1.63 bits per heavy atom. The van der Waals surface area contributed by atoms with Gasteiger partial charge in [0.2, 0.25) is 0 Å². The van der Waals surface area contributed by atoms with Crippen molar-refractivity contribution >= 4 is 0 Å². The summed E-state index contributed by atoms with van der Waals surface area (Å²) in [4.78, 5) is 2.59. The lowest BCUT2D eigenvalue weighted by molar-refractivity contribution is 0.131. The first-order valence-corrected chi connectivity index (χ1v) is 7.53. The van der Waals surface area contributed by atoms with E-state index in [9.17, 15) is 0 Å². The van der Waals surface area contributed by atoms with Crippen molar-refractivity contribution in [3.63, 3.8) is 0 Å². The number of hydrogen-bond donors (Lipinski definition) is 0. The van der Waals surface area contributed by atoms with Gasteiger partial charge in [0.25, 0.3) is 0 Å². The molecule has 1 fully saturated rings. The summed E-state index contributed by atoms with van der Waals surface area (Å²) in [6.45, 7) is 10.0. The largest absolute Gasteiger partial charge is 0.488 e. The average molecular weight is 261 g/mol. The molecule has 0 spiro atoms. The summed E-state index contributed by atoms with van der Waals surface area (Å²) in [5.41, 5.74) is 1.29. The molecule has 2 heteroatoms. The predicted molar refractivity (Wildman–Crippen MR) is 80.8 cm³/mol. The molecule has 0 unspecified atom stereocenters. The van der Waals surface area contributed by atoms with Gasteiger partial charge in [0.05, 0.1) is 0 Å². The number of nitrogens with zero attached hydrogens (tertiary/aromatic N) is 1. The van der Waals surface area contributed by atoms with E-state index in [0.29, 0.717) is 0 Å². The van der Waals surface area contributed by atoms with Crippen molar-refractivity contribution in [2.45, 2.75) is 52.1 Å². The number of hydrogen-bond acceptors (Lipinski definition) is 2. The molecule has 2 nitrogen and oxygen atoms in total. The van der Waals surface area contributed by atoms with Gasteiger partial charge in [0.1, 0.15) is 11.4 Å². The monoisotopic (exact) mass is 261 g/mol. The highest BCUT2D eigenvalue weighted by Crippen LogP contribution is 2.19. The third kappa shape index (κ3) is 5.23. The van der Waals surface area contributed by atoms with Crippen molar-refractivity contribution in [1.29, 1.82) is 0 Å². The van der Waals surface area contributed by atoms with Gasteiger partial charge in [0, 0.05) is 6.54 Å². The predicted octanol–water partition coefficient (Wildman–Crippen LogP) is 3.89. The van der Waals surface area contributed by atoms with Crippen LogP contribution in [0.5, 0.6) is 5.75 Å². The molecule has 0 bridgehead atoms. The van der Waals surface area contributed by atoms with Crippen molar-refractivity contribution in [3.05, 3.63) is 29.8 Å². The molecule has 0 N–H and O–H groups in total. The second-order valence-electron chi connectivity index (χ2n) is 6.51. The standard InChI is InChI=1S/C17H27NO/c1-17(2,3)19-16-9-7-15(8-10-16)11-14-18-12-5-4-6-13-18/h7-10H,4-6,11-14H2,1-3H3. The van der Waals surface area contributed by atoms with Gasteiger partial charge in [-0.05, 0) is 70.8 Å². The molecule has 0 aromatic heterocycles. The van der Waals surface area contributed by atoms with Crippen LogP contribution in [0.4, 0.5) is 0 Å². The Hall–Kier alpha value is -1.02. The van der Waals surface area contributed by atoms with E-state index in [2.05, 4.69) is 49.9 Å². The van der Waals surface area contributed by atoms with E-state index in [4.69, 9.17) is 4.74 Å². The normalized spacial score (nSPS) is 17.4. The first-order chi connectivity index (χ1) is 9.03. The topological polar surface area (TPSA) is 12.5 Å². The number of ether oxygens (including phenoxy) is 1. The van der Waals surface area contributed by atoms with Crippen molar-refractivity contribution in [1.82, 2.24) is 4.90 Å². The summed E-state index contributed by atoms with van der Waals surface area (Å²) in [6, 6.07) is 8.59. The molecule has 0 saturated carbocycles. The van der Waals surface area contributed by atoms with Gasteiger partial charge < -0.3 is 9.64 Å². The van der Waals surface area contributed by atoms with E-state index in [1.807, 2.05) is 0 Å². The van der Waals surface area contributed by atoms with Crippen LogP contribution in [0.15, 0.2) is 24.3 Å². The average Bonchev–Trinajstić information content (AvgIpc) is 2.37. The minimum atomic E-state index is -0.116. The molecule has 0 atom stereocenters. The maximum absolute atomic E-state index is 5.84. The fraction of sp³-hybridized carbons (Fsp3) is 0.647. The van der Waals surface area contributed by atoms with Crippen LogP contribution in [-0.4, -0.2) is 30.1 Å². The first-order valence-electron chi connectivity index (χ1n) is 7.53.